The van der Waals surface area contributed by atoms with E-state index in [1.165, 1.54) is 13.8 Å². The van der Waals surface area contributed by atoms with Crippen molar-refractivity contribution in [3.05, 3.63) is 24.3 Å². The van der Waals surface area contributed by atoms with E-state index in [1.54, 1.807) is 13.8 Å². The first-order chi connectivity index (χ1) is 14.6. The molecular weight excluding hydrogens is 420 g/mol. The number of hydrogen-bond acceptors (Lipinski definition) is 9. The van der Waals surface area contributed by atoms with Gasteiger partial charge >= 0.3 is 6.16 Å². The van der Waals surface area contributed by atoms with Crippen LogP contribution < -0.4 is 0 Å². The number of ether oxygens (including phenoxy) is 4. The van der Waals surface area contributed by atoms with Gasteiger partial charge in [-0.2, -0.15) is 9.78 Å². The summed E-state index contributed by atoms with van der Waals surface area (Å²) in [7, 11) is 0. The number of carbonyl (C=O) groups excluding carboxylic acids is 1. The maximum absolute atomic E-state index is 12.1. The van der Waals surface area contributed by atoms with Gasteiger partial charge in [0.2, 0.25) is 25.2 Å². The molecule has 4 atom stereocenters. The van der Waals surface area contributed by atoms with Crippen LogP contribution in [0.15, 0.2) is 24.3 Å². The summed E-state index contributed by atoms with van der Waals surface area (Å²) in [6, 6.07) is 0. The van der Waals surface area contributed by atoms with Crippen molar-refractivity contribution in [1.82, 2.24) is 0 Å². The highest BCUT2D eigenvalue weighted by Crippen LogP contribution is 2.20. The zero-order valence-electron chi connectivity index (χ0n) is 21.3. The molecular formula is C23H42O9. The molecule has 0 N–H and O–H groups in total. The fourth-order valence-electron chi connectivity index (χ4n) is 1.61. The SMILES string of the molecule is C=C(C)C(OOC(C)(C)CC)OC(C)OC(=O)OC(C)OC(OOC(C)(C)CC)C(=C)C. The van der Waals surface area contributed by atoms with Gasteiger partial charge < -0.3 is 18.9 Å². The van der Waals surface area contributed by atoms with Crippen LogP contribution in [0, 0.1) is 0 Å². The summed E-state index contributed by atoms with van der Waals surface area (Å²) in [6.45, 7) is 25.4. The van der Waals surface area contributed by atoms with E-state index in [4.69, 9.17) is 38.5 Å². The summed E-state index contributed by atoms with van der Waals surface area (Å²) < 4.78 is 21.3. The normalized spacial score (nSPS) is 16.1. The Kier molecular flexibility index (Phi) is 13.3. The standard InChI is InChI=1S/C23H42O9/c1-13-22(9,10)31-29-19(15(3)4)25-17(7)27-21(24)28-18(8)26-20(16(5)6)30-32-23(11,12)14-2/h17-20H,3,5,13-14H2,1-2,4,6-12H3. The average molecular weight is 463 g/mol. The summed E-state index contributed by atoms with van der Waals surface area (Å²) in [5, 5.41) is 0. The number of hydrogen-bond donors (Lipinski definition) is 0. The van der Waals surface area contributed by atoms with Gasteiger partial charge in [0.15, 0.2) is 0 Å². The molecule has 0 aliphatic rings. The Morgan fingerprint density at radius 1 is 0.750 bits per heavy atom. The van der Waals surface area contributed by atoms with E-state index in [2.05, 4.69) is 13.2 Å². The highest BCUT2D eigenvalue weighted by atomic mass is 17.2. The summed E-state index contributed by atoms with van der Waals surface area (Å²) >= 11 is 0. The van der Waals surface area contributed by atoms with Crippen LogP contribution in [-0.4, -0.2) is 42.5 Å². The molecule has 0 rings (SSSR count). The Morgan fingerprint density at radius 3 is 1.31 bits per heavy atom. The second-order valence-corrected chi connectivity index (χ2v) is 8.84. The molecule has 0 aromatic heterocycles. The molecule has 0 bridgehead atoms. The van der Waals surface area contributed by atoms with Gasteiger partial charge in [0.25, 0.3) is 0 Å². The van der Waals surface area contributed by atoms with Crippen LogP contribution >= 0.6 is 0 Å². The lowest BCUT2D eigenvalue weighted by Crippen LogP contribution is -2.34. The Bertz CT molecular complexity index is 550. The predicted molar refractivity (Wildman–Crippen MR) is 119 cm³/mol. The first-order valence-electron chi connectivity index (χ1n) is 10.8. The topological polar surface area (TPSA) is 90.9 Å². The largest absolute Gasteiger partial charge is 0.512 e. The summed E-state index contributed by atoms with van der Waals surface area (Å²) in [5.74, 6) is 0. The molecule has 0 radical (unpaired) electrons. The van der Waals surface area contributed by atoms with E-state index >= 15 is 0 Å². The molecule has 0 heterocycles. The average Bonchev–Trinajstić information content (AvgIpc) is 2.67. The predicted octanol–water partition coefficient (Wildman–Crippen LogP) is 5.94. The molecule has 32 heavy (non-hydrogen) atoms. The van der Waals surface area contributed by atoms with Gasteiger partial charge in [-0.1, -0.05) is 27.0 Å². The Hall–Kier alpha value is -1.49. The van der Waals surface area contributed by atoms with Gasteiger partial charge in [0.05, 0.1) is 11.2 Å². The lowest BCUT2D eigenvalue weighted by molar-refractivity contribution is -0.424. The first kappa shape index (κ1) is 30.5. The van der Waals surface area contributed by atoms with Crippen molar-refractivity contribution in [1.29, 1.82) is 0 Å². The van der Waals surface area contributed by atoms with E-state index < -0.39 is 42.5 Å². The zero-order valence-corrected chi connectivity index (χ0v) is 21.3. The smallest absolute Gasteiger partial charge is 0.404 e. The number of rotatable bonds is 16. The molecule has 0 spiro atoms. The van der Waals surface area contributed by atoms with Gasteiger partial charge in [-0.05, 0) is 79.4 Å². The number of carbonyl (C=O) groups is 1. The maximum atomic E-state index is 12.1. The lowest BCUT2D eigenvalue weighted by atomic mass is 10.1. The van der Waals surface area contributed by atoms with Crippen molar-refractivity contribution in [3.8, 4) is 0 Å². The van der Waals surface area contributed by atoms with Crippen LogP contribution in [0.1, 0.15) is 82.1 Å². The van der Waals surface area contributed by atoms with Gasteiger partial charge in [0.1, 0.15) is 0 Å². The molecule has 0 saturated heterocycles. The van der Waals surface area contributed by atoms with E-state index in [0.29, 0.717) is 11.1 Å². The van der Waals surface area contributed by atoms with Crippen molar-refractivity contribution >= 4 is 6.16 Å². The third kappa shape index (κ3) is 13.1. The molecule has 0 aromatic rings. The molecule has 0 aromatic carbocycles. The van der Waals surface area contributed by atoms with Crippen molar-refractivity contribution < 1.29 is 43.3 Å². The van der Waals surface area contributed by atoms with Gasteiger partial charge in [-0.15, -0.1) is 0 Å². The molecule has 9 nitrogen and oxygen atoms in total. The minimum atomic E-state index is -1.01. The monoisotopic (exact) mass is 462 g/mol. The summed E-state index contributed by atoms with van der Waals surface area (Å²) in [6.07, 6.45) is -3.44. The van der Waals surface area contributed by atoms with Gasteiger partial charge in [-0.25, -0.2) is 14.6 Å². The van der Waals surface area contributed by atoms with E-state index in [1.807, 2.05) is 41.5 Å². The van der Waals surface area contributed by atoms with Gasteiger partial charge in [-0.3, -0.25) is 0 Å². The molecule has 0 fully saturated rings. The van der Waals surface area contributed by atoms with Crippen LogP contribution in [0.25, 0.3) is 0 Å². The van der Waals surface area contributed by atoms with E-state index in [9.17, 15) is 4.79 Å². The Morgan fingerprint density at radius 2 is 1.06 bits per heavy atom. The van der Waals surface area contributed by atoms with Crippen LogP contribution in [0.3, 0.4) is 0 Å². The third-order valence-corrected chi connectivity index (χ3v) is 4.38. The molecule has 4 unspecified atom stereocenters. The molecule has 0 aliphatic carbocycles. The van der Waals surface area contributed by atoms with Crippen molar-refractivity contribution in [2.24, 2.45) is 0 Å². The fourth-order valence-corrected chi connectivity index (χ4v) is 1.61. The highest BCUT2D eigenvalue weighted by Gasteiger charge is 2.26. The second kappa shape index (κ2) is 13.9. The quantitative estimate of drug-likeness (QED) is 0.0908. The van der Waals surface area contributed by atoms with Crippen LogP contribution in [0.4, 0.5) is 4.79 Å². The summed E-state index contributed by atoms with van der Waals surface area (Å²) in [5.41, 5.74) is 0.0538. The highest BCUT2D eigenvalue weighted by molar-refractivity contribution is 5.60. The van der Waals surface area contributed by atoms with Crippen LogP contribution in [0.5, 0.6) is 0 Å². The molecule has 0 saturated carbocycles. The van der Waals surface area contributed by atoms with E-state index in [0.717, 1.165) is 12.8 Å². The molecule has 188 valence electrons. The Labute approximate surface area is 192 Å². The van der Waals surface area contributed by atoms with E-state index in [-0.39, 0.29) is 0 Å². The summed E-state index contributed by atoms with van der Waals surface area (Å²) in [4.78, 5) is 33.5. The van der Waals surface area contributed by atoms with Gasteiger partial charge in [0, 0.05) is 0 Å². The third-order valence-electron chi connectivity index (χ3n) is 4.38. The molecule has 9 heteroatoms. The minimum absolute atomic E-state index is 0.509. The van der Waals surface area contributed by atoms with Crippen LogP contribution in [0.2, 0.25) is 0 Å². The maximum Gasteiger partial charge on any atom is 0.512 e. The second-order valence-electron chi connectivity index (χ2n) is 8.84. The van der Waals surface area contributed by atoms with Crippen LogP contribution in [-0.2, 0) is 38.5 Å². The zero-order chi connectivity index (χ0) is 25.1. The van der Waals surface area contributed by atoms with Crippen molar-refractivity contribution in [2.75, 3.05) is 0 Å². The Balaban J connectivity index is 4.66. The van der Waals surface area contributed by atoms with Crippen molar-refractivity contribution in [3.63, 3.8) is 0 Å². The molecule has 0 amide bonds. The lowest BCUT2D eigenvalue weighted by Gasteiger charge is -2.28. The fraction of sp³-hybridized carbons (Fsp3) is 0.783. The minimum Gasteiger partial charge on any atom is -0.404 e. The first-order valence-corrected chi connectivity index (χ1v) is 10.8. The van der Waals surface area contributed by atoms with Crippen molar-refractivity contribution in [2.45, 2.75) is 118 Å². The molecule has 0 aliphatic heterocycles.